The van der Waals surface area contributed by atoms with Crippen molar-refractivity contribution in [1.82, 2.24) is 14.9 Å². The number of aromatic nitrogens is 2. The highest BCUT2D eigenvalue weighted by Crippen LogP contribution is 2.22. The molecule has 1 amide bonds. The van der Waals surface area contributed by atoms with Crippen LogP contribution in [0.3, 0.4) is 0 Å². The minimum Gasteiger partial charge on any atom is -0.383 e. The molecule has 1 aromatic heterocycles. The molecule has 0 aliphatic carbocycles. The molecule has 17 heavy (non-hydrogen) atoms. The van der Waals surface area contributed by atoms with Crippen LogP contribution in [0.1, 0.15) is 12.5 Å². The summed E-state index contributed by atoms with van der Waals surface area (Å²) in [7, 11) is 1.81. The standard InChI is InChI=1S/C11H17N5O/c1-3-8-10(12)13-7-14-11(8)16-5-4-15(2)9(17)6-16/h7H,3-6H2,1-2H3,(H2,12,13,14). The molecule has 2 heterocycles. The highest BCUT2D eigenvalue weighted by Gasteiger charge is 2.24. The molecule has 1 aliphatic rings. The second-order valence-corrected chi connectivity index (χ2v) is 4.15. The molecule has 6 heteroatoms. The van der Waals surface area contributed by atoms with E-state index in [0.717, 1.165) is 24.3 Å². The molecule has 92 valence electrons. The van der Waals surface area contributed by atoms with Crippen molar-refractivity contribution >= 4 is 17.5 Å². The van der Waals surface area contributed by atoms with Gasteiger partial charge in [-0.15, -0.1) is 0 Å². The summed E-state index contributed by atoms with van der Waals surface area (Å²) in [6, 6.07) is 0. The Labute approximate surface area is 100 Å². The Hall–Kier alpha value is -1.85. The smallest absolute Gasteiger partial charge is 0.241 e. The van der Waals surface area contributed by atoms with Gasteiger partial charge in [0, 0.05) is 25.7 Å². The van der Waals surface area contributed by atoms with Crippen LogP contribution in [0.5, 0.6) is 0 Å². The lowest BCUT2D eigenvalue weighted by molar-refractivity contribution is -0.129. The highest BCUT2D eigenvalue weighted by atomic mass is 16.2. The van der Waals surface area contributed by atoms with Crippen LogP contribution in [-0.4, -0.2) is 47.5 Å². The van der Waals surface area contributed by atoms with Crippen molar-refractivity contribution in [2.75, 3.05) is 37.3 Å². The molecule has 1 saturated heterocycles. The van der Waals surface area contributed by atoms with E-state index in [1.165, 1.54) is 6.33 Å². The first-order valence-corrected chi connectivity index (χ1v) is 5.71. The lowest BCUT2D eigenvalue weighted by atomic mass is 10.2. The van der Waals surface area contributed by atoms with E-state index in [0.29, 0.717) is 18.9 Å². The first-order chi connectivity index (χ1) is 8.13. The molecule has 0 unspecified atom stereocenters. The Morgan fingerprint density at radius 1 is 1.41 bits per heavy atom. The van der Waals surface area contributed by atoms with Crippen LogP contribution in [0.15, 0.2) is 6.33 Å². The van der Waals surface area contributed by atoms with E-state index < -0.39 is 0 Å². The highest BCUT2D eigenvalue weighted by molar-refractivity contribution is 5.82. The molecule has 6 nitrogen and oxygen atoms in total. The zero-order chi connectivity index (χ0) is 12.4. The second kappa shape index (κ2) is 4.57. The summed E-state index contributed by atoms with van der Waals surface area (Å²) >= 11 is 0. The average molecular weight is 235 g/mol. The van der Waals surface area contributed by atoms with E-state index in [4.69, 9.17) is 5.73 Å². The Balaban J connectivity index is 2.28. The van der Waals surface area contributed by atoms with Gasteiger partial charge in [0.1, 0.15) is 18.0 Å². The predicted molar refractivity (Wildman–Crippen MR) is 65.7 cm³/mol. The lowest BCUT2D eigenvalue weighted by Crippen LogP contribution is -2.49. The van der Waals surface area contributed by atoms with Gasteiger partial charge in [0.05, 0.1) is 6.54 Å². The molecule has 0 bridgehead atoms. The summed E-state index contributed by atoms with van der Waals surface area (Å²) in [6.45, 7) is 3.87. The Bertz CT molecular complexity index is 434. The maximum atomic E-state index is 11.7. The Morgan fingerprint density at radius 3 is 2.82 bits per heavy atom. The largest absolute Gasteiger partial charge is 0.383 e. The summed E-state index contributed by atoms with van der Waals surface area (Å²) < 4.78 is 0. The van der Waals surface area contributed by atoms with E-state index in [2.05, 4.69) is 9.97 Å². The normalized spacial score (nSPS) is 16.5. The van der Waals surface area contributed by atoms with Crippen LogP contribution < -0.4 is 10.6 Å². The van der Waals surface area contributed by atoms with Gasteiger partial charge in [0.25, 0.3) is 0 Å². The molecule has 2 N–H and O–H groups in total. The van der Waals surface area contributed by atoms with Crippen LogP contribution in [0.4, 0.5) is 11.6 Å². The van der Waals surface area contributed by atoms with Crippen molar-refractivity contribution in [3.63, 3.8) is 0 Å². The molecule has 1 aliphatic heterocycles. The van der Waals surface area contributed by atoms with E-state index in [-0.39, 0.29) is 5.91 Å². The number of nitrogen functional groups attached to an aromatic ring is 1. The molecular formula is C11H17N5O. The average Bonchev–Trinajstić information content (AvgIpc) is 2.32. The number of likely N-dealkylation sites (N-methyl/N-ethyl adjacent to an activating group) is 1. The summed E-state index contributed by atoms with van der Waals surface area (Å²) in [5, 5.41) is 0. The van der Waals surface area contributed by atoms with Gasteiger partial charge < -0.3 is 15.5 Å². The SMILES string of the molecule is CCc1c(N)ncnc1N1CCN(C)C(=O)C1. The number of amides is 1. The third-order valence-electron chi connectivity index (χ3n) is 3.07. The summed E-state index contributed by atoms with van der Waals surface area (Å²) in [6.07, 6.45) is 2.22. The summed E-state index contributed by atoms with van der Waals surface area (Å²) in [5.41, 5.74) is 6.75. The second-order valence-electron chi connectivity index (χ2n) is 4.15. The van der Waals surface area contributed by atoms with Crippen LogP contribution >= 0.6 is 0 Å². The molecule has 0 aromatic carbocycles. The first kappa shape index (κ1) is 11.6. The number of rotatable bonds is 2. The van der Waals surface area contributed by atoms with E-state index in [1.54, 1.807) is 4.90 Å². The topological polar surface area (TPSA) is 75.3 Å². The fourth-order valence-corrected chi connectivity index (χ4v) is 1.97. The van der Waals surface area contributed by atoms with E-state index >= 15 is 0 Å². The van der Waals surface area contributed by atoms with Gasteiger partial charge in [-0.1, -0.05) is 6.92 Å². The Kier molecular flexibility index (Phi) is 3.12. The fourth-order valence-electron chi connectivity index (χ4n) is 1.97. The fraction of sp³-hybridized carbons (Fsp3) is 0.545. The van der Waals surface area contributed by atoms with Crippen molar-refractivity contribution in [2.24, 2.45) is 0 Å². The van der Waals surface area contributed by atoms with E-state index in [1.807, 2.05) is 18.9 Å². The van der Waals surface area contributed by atoms with Gasteiger partial charge in [-0.2, -0.15) is 0 Å². The lowest BCUT2D eigenvalue weighted by Gasteiger charge is -2.33. The number of nitrogens with zero attached hydrogens (tertiary/aromatic N) is 4. The first-order valence-electron chi connectivity index (χ1n) is 5.71. The van der Waals surface area contributed by atoms with Crippen molar-refractivity contribution in [2.45, 2.75) is 13.3 Å². The quantitative estimate of drug-likeness (QED) is 0.774. The predicted octanol–water partition coefficient (Wildman–Crippen LogP) is -0.100. The molecule has 0 radical (unpaired) electrons. The number of anilines is 2. The monoisotopic (exact) mass is 235 g/mol. The molecule has 2 rings (SSSR count). The maximum Gasteiger partial charge on any atom is 0.241 e. The molecule has 1 aromatic rings. The third-order valence-corrected chi connectivity index (χ3v) is 3.07. The van der Waals surface area contributed by atoms with Crippen molar-refractivity contribution < 1.29 is 4.79 Å². The van der Waals surface area contributed by atoms with Crippen LogP contribution in [0.25, 0.3) is 0 Å². The van der Waals surface area contributed by atoms with Crippen molar-refractivity contribution in [3.05, 3.63) is 11.9 Å². The van der Waals surface area contributed by atoms with Gasteiger partial charge in [-0.05, 0) is 6.42 Å². The van der Waals surface area contributed by atoms with Gasteiger partial charge in [0.15, 0.2) is 0 Å². The van der Waals surface area contributed by atoms with E-state index in [9.17, 15) is 4.79 Å². The zero-order valence-corrected chi connectivity index (χ0v) is 10.2. The van der Waals surface area contributed by atoms with Gasteiger partial charge in [0.2, 0.25) is 5.91 Å². The minimum atomic E-state index is 0.107. The van der Waals surface area contributed by atoms with Crippen molar-refractivity contribution in [3.8, 4) is 0 Å². The molecule has 1 fully saturated rings. The summed E-state index contributed by atoms with van der Waals surface area (Å²) in [5.74, 6) is 1.40. The number of carbonyl (C=O) groups is 1. The Morgan fingerprint density at radius 2 is 2.18 bits per heavy atom. The van der Waals surface area contributed by atoms with Gasteiger partial charge in [-0.3, -0.25) is 4.79 Å². The van der Waals surface area contributed by atoms with Crippen LogP contribution in [-0.2, 0) is 11.2 Å². The van der Waals surface area contributed by atoms with Crippen LogP contribution in [0.2, 0.25) is 0 Å². The third kappa shape index (κ3) is 2.15. The number of hydrogen-bond acceptors (Lipinski definition) is 5. The molecule has 0 spiro atoms. The molecular weight excluding hydrogens is 218 g/mol. The number of piperazine rings is 1. The maximum absolute atomic E-state index is 11.7. The summed E-state index contributed by atoms with van der Waals surface area (Å²) in [4.78, 5) is 23.6. The van der Waals surface area contributed by atoms with Gasteiger partial charge >= 0.3 is 0 Å². The zero-order valence-electron chi connectivity index (χ0n) is 10.2. The number of carbonyl (C=O) groups excluding carboxylic acids is 1. The number of nitrogens with two attached hydrogens (primary N) is 1. The molecule has 0 saturated carbocycles. The number of hydrogen-bond donors (Lipinski definition) is 1. The van der Waals surface area contributed by atoms with Crippen LogP contribution in [0, 0.1) is 0 Å². The van der Waals surface area contributed by atoms with Gasteiger partial charge in [-0.25, -0.2) is 9.97 Å². The molecule has 0 atom stereocenters. The minimum absolute atomic E-state index is 0.107. The van der Waals surface area contributed by atoms with Crippen molar-refractivity contribution in [1.29, 1.82) is 0 Å².